The van der Waals surface area contributed by atoms with Crippen LogP contribution < -0.4 is 15.5 Å². The van der Waals surface area contributed by atoms with Crippen molar-refractivity contribution in [3.8, 4) is 6.07 Å². The van der Waals surface area contributed by atoms with Crippen molar-refractivity contribution in [2.24, 2.45) is 5.41 Å². The minimum Gasteiger partial charge on any atom is -0.380 e. The van der Waals surface area contributed by atoms with Crippen molar-refractivity contribution in [1.29, 1.82) is 5.26 Å². The number of carbonyl (C=O) groups excluding carboxylic acids is 1. The van der Waals surface area contributed by atoms with E-state index >= 15 is 0 Å². The van der Waals surface area contributed by atoms with Crippen molar-refractivity contribution in [3.05, 3.63) is 89.6 Å². The molecule has 2 aliphatic rings. The molecule has 1 spiro atoms. The fourth-order valence-electron chi connectivity index (χ4n) is 4.48. The van der Waals surface area contributed by atoms with E-state index in [1.54, 1.807) is 0 Å². The number of nitriles is 1. The second-order valence-corrected chi connectivity index (χ2v) is 9.10. The van der Waals surface area contributed by atoms with Gasteiger partial charge in [0.15, 0.2) is 0 Å². The molecule has 3 heterocycles. The van der Waals surface area contributed by atoms with Crippen molar-refractivity contribution in [1.82, 2.24) is 10.3 Å². The normalized spacial score (nSPS) is 16.7. The third-order valence-corrected chi connectivity index (χ3v) is 6.47. The summed E-state index contributed by atoms with van der Waals surface area (Å²) in [7, 11) is 0. The summed E-state index contributed by atoms with van der Waals surface area (Å²) in [6, 6.07) is 22.7. The van der Waals surface area contributed by atoms with E-state index in [0.29, 0.717) is 23.3 Å². The zero-order valence-corrected chi connectivity index (χ0v) is 18.9. The van der Waals surface area contributed by atoms with E-state index in [9.17, 15) is 4.79 Å². The molecule has 1 amide bonds. The number of hydrogen-bond donors (Lipinski definition) is 2. The van der Waals surface area contributed by atoms with E-state index in [1.165, 1.54) is 0 Å². The van der Waals surface area contributed by atoms with Gasteiger partial charge in [0.1, 0.15) is 11.9 Å². The number of aromatic nitrogens is 1. The predicted octanol–water partition coefficient (Wildman–Crippen LogP) is 3.30. The maximum atomic E-state index is 13.2. The van der Waals surface area contributed by atoms with Gasteiger partial charge in [-0.2, -0.15) is 5.26 Å². The first-order valence-corrected chi connectivity index (χ1v) is 11.5. The predicted molar refractivity (Wildman–Crippen MR) is 130 cm³/mol. The van der Waals surface area contributed by atoms with Gasteiger partial charge in [-0.15, -0.1) is 0 Å². The zero-order valence-electron chi connectivity index (χ0n) is 18.9. The third kappa shape index (κ3) is 4.79. The average Bonchev–Trinajstić information content (AvgIpc) is 2.82. The van der Waals surface area contributed by atoms with Gasteiger partial charge in [0.05, 0.1) is 42.1 Å². The smallest absolute Gasteiger partial charge is 0.247 e. The van der Waals surface area contributed by atoms with Gasteiger partial charge in [0, 0.05) is 19.6 Å². The number of amides is 1. The standard InChI is InChI=1S/C27H27N5O2/c28-14-21-8-6-20(7-9-21)12-13-29-25(22-4-2-1-3-5-22)26(33)31-24-11-10-23(15-30-24)32-16-27(17-32)18-34-19-27/h1-11,15,25,29H,12-13,16-19H2,(H,30,31,33)/t25-/m0/s1. The Bertz CT molecular complexity index is 1160. The number of nitrogens with one attached hydrogen (secondary N) is 2. The van der Waals surface area contributed by atoms with E-state index in [0.717, 1.165) is 49.5 Å². The highest BCUT2D eigenvalue weighted by Gasteiger charge is 2.49. The molecule has 1 atom stereocenters. The first-order chi connectivity index (χ1) is 16.6. The Hall–Kier alpha value is -3.73. The third-order valence-electron chi connectivity index (χ3n) is 6.47. The molecule has 2 aromatic carbocycles. The molecule has 5 rings (SSSR count). The molecule has 1 aromatic heterocycles. The monoisotopic (exact) mass is 453 g/mol. The lowest BCUT2D eigenvalue weighted by molar-refractivity contribution is -0.127. The van der Waals surface area contributed by atoms with E-state index < -0.39 is 6.04 Å². The second kappa shape index (κ2) is 9.64. The Morgan fingerprint density at radius 1 is 1.09 bits per heavy atom. The molecular formula is C27H27N5O2. The van der Waals surface area contributed by atoms with E-state index in [4.69, 9.17) is 10.00 Å². The van der Waals surface area contributed by atoms with E-state index in [-0.39, 0.29) is 5.91 Å². The van der Waals surface area contributed by atoms with Crippen molar-refractivity contribution >= 4 is 17.4 Å². The minimum absolute atomic E-state index is 0.152. The van der Waals surface area contributed by atoms with Gasteiger partial charge in [-0.25, -0.2) is 4.98 Å². The second-order valence-electron chi connectivity index (χ2n) is 9.10. The molecule has 0 aliphatic carbocycles. The van der Waals surface area contributed by atoms with Gasteiger partial charge in [-0.3, -0.25) is 4.79 Å². The topological polar surface area (TPSA) is 90.3 Å². The SMILES string of the molecule is N#Cc1ccc(CCN[C@H](C(=O)Nc2ccc(N3CC4(COC4)C3)cn2)c2ccccc2)cc1. The molecule has 2 fully saturated rings. The molecule has 2 aliphatic heterocycles. The summed E-state index contributed by atoms with van der Waals surface area (Å²) in [5.74, 6) is 0.381. The Morgan fingerprint density at radius 3 is 2.47 bits per heavy atom. The highest BCUT2D eigenvalue weighted by Crippen LogP contribution is 2.40. The lowest BCUT2D eigenvalue weighted by Gasteiger charge is -2.55. The summed E-state index contributed by atoms with van der Waals surface area (Å²) < 4.78 is 5.34. The molecule has 0 radical (unpaired) electrons. The van der Waals surface area contributed by atoms with Crippen molar-refractivity contribution in [2.45, 2.75) is 12.5 Å². The van der Waals surface area contributed by atoms with Crippen molar-refractivity contribution in [2.75, 3.05) is 43.1 Å². The van der Waals surface area contributed by atoms with Gasteiger partial charge < -0.3 is 20.3 Å². The Kier molecular flexibility index (Phi) is 6.26. The van der Waals surface area contributed by atoms with Crippen LogP contribution >= 0.6 is 0 Å². The maximum Gasteiger partial charge on any atom is 0.247 e. The number of nitrogens with zero attached hydrogens (tertiary/aromatic N) is 3. The van der Waals surface area contributed by atoms with Crippen LogP contribution in [0.3, 0.4) is 0 Å². The van der Waals surface area contributed by atoms with Crippen LogP contribution in [0.1, 0.15) is 22.7 Å². The molecule has 7 nitrogen and oxygen atoms in total. The average molecular weight is 454 g/mol. The fraction of sp³-hybridized carbons (Fsp3) is 0.296. The Morgan fingerprint density at radius 2 is 1.85 bits per heavy atom. The lowest BCUT2D eigenvalue weighted by Crippen LogP contribution is -2.66. The summed E-state index contributed by atoms with van der Waals surface area (Å²) in [4.78, 5) is 19.9. The van der Waals surface area contributed by atoms with Gasteiger partial charge in [0.25, 0.3) is 0 Å². The van der Waals surface area contributed by atoms with Gasteiger partial charge >= 0.3 is 0 Å². The molecule has 3 aromatic rings. The van der Waals surface area contributed by atoms with Crippen LogP contribution in [0.4, 0.5) is 11.5 Å². The van der Waals surface area contributed by atoms with Gasteiger partial charge in [-0.05, 0) is 41.8 Å². The molecule has 172 valence electrons. The number of pyridine rings is 1. The maximum absolute atomic E-state index is 13.2. The van der Waals surface area contributed by atoms with Crippen LogP contribution in [0.15, 0.2) is 72.9 Å². The summed E-state index contributed by atoms with van der Waals surface area (Å²) in [5.41, 5.74) is 4.06. The van der Waals surface area contributed by atoms with Crippen molar-refractivity contribution in [3.63, 3.8) is 0 Å². The first-order valence-electron chi connectivity index (χ1n) is 11.5. The van der Waals surface area contributed by atoms with Crippen molar-refractivity contribution < 1.29 is 9.53 Å². The fourth-order valence-corrected chi connectivity index (χ4v) is 4.48. The van der Waals surface area contributed by atoms with Gasteiger partial charge in [0.2, 0.25) is 5.91 Å². The number of benzene rings is 2. The highest BCUT2D eigenvalue weighted by molar-refractivity contribution is 5.94. The molecule has 2 saturated heterocycles. The van der Waals surface area contributed by atoms with Crippen LogP contribution in [0, 0.1) is 16.7 Å². The lowest BCUT2D eigenvalue weighted by atomic mass is 9.78. The molecule has 0 saturated carbocycles. The molecule has 0 bridgehead atoms. The number of carbonyl (C=O) groups is 1. The molecule has 34 heavy (non-hydrogen) atoms. The minimum atomic E-state index is -0.505. The summed E-state index contributed by atoms with van der Waals surface area (Å²) in [6.45, 7) is 4.32. The van der Waals surface area contributed by atoms with E-state index in [1.807, 2.05) is 72.9 Å². The van der Waals surface area contributed by atoms with Crippen LogP contribution in [0.25, 0.3) is 0 Å². The number of anilines is 2. The van der Waals surface area contributed by atoms with Crippen LogP contribution in [-0.4, -0.2) is 43.7 Å². The Labute approximate surface area is 199 Å². The summed E-state index contributed by atoms with van der Waals surface area (Å²) in [6.07, 6.45) is 2.56. The largest absolute Gasteiger partial charge is 0.380 e. The summed E-state index contributed by atoms with van der Waals surface area (Å²) >= 11 is 0. The highest BCUT2D eigenvalue weighted by atomic mass is 16.5. The first kappa shape index (κ1) is 22.1. The molecular weight excluding hydrogens is 426 g/mol. The number of rotatable bonds is 8. The quantitative estimate of drug-likeness (QED) is 0.544. The number of hydrogen-bond acceptors (Lipinski definition) is 6. The van der Waals surface area contributed by atoms with Crippen LogP contribution in [-0.2, 0) is 16.0 Å². The van der Waals surface area contributed by atoms with Gasteiger partial charge in [-0.1, -0.05) is 42.5 Å². The molecule has 7 heteroatoms. The van der Waals surface area contributed by atoms with E-state index in [2.05, 4.69) is 26.6 Å². The number of ether oxygens (including phenoxy) is 1. The molecule has 2 N–H and O–H groups in total. The van der Waals surface area contributed by atoms with Crippen LogP contribution in [0.2, 0.25) is 0 Å². The zero-order chi connectivity index (χ0) is 23.4. The summed E-state index contributed by atoms with van der Waals surface area (Å²) in [5, 5.41) is 15.3. The van der Waals surface area contributed by atoms with Crippen LogP contribution in [0.5, 0.6) is 0 Å². The Balaban J connectivity index is 1.20. The molecule has 0 unspecified atom stereocenters.